The number of nitrogens with two attached hydrogens (primary N) is 1. The molecule has 0 bridgehead atoms. The van der Waals surface area contributed by atoms with Crippen molar-refractivity contribution in [3.8, 4) is 0 Å². The second kappa shape index (κ2) is 8.22. The fourth-order valence-electron chi connectivity index (χ4n) is 5.09. The summed E-state index contributed by atoms with van der Waals surface area (Å²) in [4.78, 5) is 33.0. The summed E-state index contributed by atoms with van der Waals surface area (Å²) in [5.41, 5.74) is 14.1. The van der Waals surface area contributed by atoms with Gasteiger partial charge in [0.2, 0.25) is 0 Å². The van der Waals surface area contributed by atoms with Gasteiger partial charge in [0.15, 0.2) is 0 Å². The number of rotatable bonds is 4. The van der Waals surface area contributed by atoms with Crippen molar-refractivity contribution in [3.05, 3.63) is 82.1 Å². The lowest BCUT2D eigenvalue weighted by Gasteiger charge is -2.34. The molecule has 172 valence electrons. The van der Waals surface area contributed by atoms with E-state index in [0.29, 0.717) is 36.8 Å². The molecule has 4 aromatic rings. The Kier molecular flexibility index (Phi) is 5.03. The van der Waals surface area contributed by atoms with E-state index >= 15 is 0 Å². The van der Waals surface area contributed by atoms with Crippen LogP contribution in [0.2, 0.25) is 0 Å². The summed E-state index contributed by atoms with van der Waals surface area (Å²) in [7, 11) is 0. The van der Waals surface area contributed by atoms with E-state index in [2.05, 4.69) is 26.0 Å². The molecule has 6 rings (SSSR count). The number of aromatic nitrogens is 4. The Morgan fingerprint density at radius 3 is 2.97 bits per heavy atom. The van der Waals surface area contributed by atoms with Crippen LogP contribution in [0.15, 0.2) is 42.7 Å². The molecule has 2 aliphatic rings. The molecule has 34 heavy (non-hydrogen) atoms. The number of aromatic amines is 1. The molecule has 0 radical (unpaired) electrons. The highest BCUT2D eigenvalue weighted by Crippen LogP contribution is 2.36. The third-order valence-electron chi connectivity index (χ3n) is 6.84. The Bertz CT molecular complexity index is 1390. The van der Waals surface area contributed by atoms with Crippen molar-refractivity contribution in [2.45, 2.75) is 52.0 Å². The average Bonchev–Trinajstić information content (AvgIpc) is 3.51. The Morgan fingerprint density at radius 2 is 2.12 bits per heavy atom. The van der Waals surface area contributed by atoms with Crippen LogP contribution in [-0.2, 0) is 30.9 Å². The van der Waals surface area contributed by atoms with Crippen LogP contribution >= 0.6 is 0 Å². The number of nitrogens with zero attached hydrogens (tertiary/aromatic N) is 4. The maximum absolute atomic E-state index is 14.0. The largest absolute Gasteiger partial charge is 0.383 e. The van der Waals surface area contributed by atoms with Crippen molar-refractivity contribution in [1.82, 2.24) is 24.8 Å². The predicted molar refractivity (Wildman–Crippen MR) is 128 cm³/mol. The zero-order valence-electron chi connectivity index (χ0n) is 19.0. The number of aryl methyl sites for hydroxylation is 2. The third kappa shape index (κ3) is 3.51. The molecule has 8 heteroatoms. The highest BCUT2D eigenvalue weighted by molar-refractivity contribution is 5.98. The molecule has 1 amide bonds. The van der Waals surface area contributed by atoms with Gasteiger partial charge in [-0.15, -0.1) is 0 Å². The van der Waals surface area contributed by atoms with E-state index in [1.54, 1.807) is 6.07 Å². The predicted octanol–water partition coefficient (Wildman–Crippen LogP) is 3.99. The highest BCUT2D eigenvalue weighted by atomic mass is 16.5. The zero-order valence-corrected chi connectivity index (χ0v) is 19.0. The van der Waals surface area contributed by atoms with Crippen LogP contribution in [0, 0.1) is 6.92 Å². The summed E-state index contributed by atoms with van der Waals surface area (Å²) in [5, 5.41) is 0. The van der Waals surface area contributed by atoms with Crippen molar-refractivity contribution in [1.29, 1.82) is 0 Å². The average molecular weight is 455 g/mol. The number of pyridine rings is 3. The topological polar surface area (TPSA) is 110 Å². The summed E-state index contributed by atoms with van der Waals surface area (Å²) in [6, 6.07) is 9.75. The normalized spacial score (nSPS) is 16.9. The van der Waals surface area contributed by atoms with E-state index in [-0.39, 0.29) is 11.9 Å². The number of ether oxygens (including phenoxy) is 1. The van der Waals surface area contributed by atoms with Gasteiger partial charge < -0.3 is 20.4 Å². The van der Waals surface area contributed by atoms with Crippen LogP contribution in [0.25, 0.3) is 11.0 Å². The number of fused-ring (bicyclic) bond motifs is 4. The summed E-state index contributed by atoms with van der Waals surface area (Å²) >= 11 is 0. The maximum atomic E-state index is 14.0. The van der Waals surface area contributed by atoms with E-state index in [9.17, 15) is 4.79 Å². The quantitative estimate of drug-likeness (QED) is 0.482. The van der Waals surface area contributed by atoms with Crippen LogP contribution in [0.5, 0.6) is 0 Å². The second-order valence-electron chi connectivity index (χ2n) is 9.11. The van der Waals surface area contributed by atoms with Gasteiger partial charge in [0, 0.05) is 23.5 Å². The number of amides is 1. The SMILES string of the molecule is Cc1ccc(CN(C(=O)c2cc3nc(N)c4c(c3[nH]2)COC4)[C@@H]2CCCc3cccnc32)nc1. The fourth-order valence-corrected chi connectivity index (χ4v) is 5.09. The molecule has 3 N–H and O–H groups in total. The Balaban J connectivity index is 1.43. The van der Waals surface area contributed by atoms with Crippen LogP contribution in [0.1, 0.15) is 63.0 Å². The third-order valence-corrected chi connectivity index (χ3v) is 6.84. The first kappa shape index (κ1) is 20.8. The van der Waals surface area contributed by atoms with Crippen molar-refractivity contribution in [2.24, 2.45) is 0 Å². The number of anilines is 1. The summed E-state index contributed by atoms with van der Waals surface area (Å²) in [5.74, 6) is 0.360. The van der Waals surface area contributed by atoms with Crippen molar-refractivity contribution >= 4 is 22.8 Å². The van der Waals surface area contributed by atoms with Gasteiger partial charge >= 0.3 is 0 Å². The maximum Gasteiger partial charge on any atom is 0.271 e. The van der Waals surface area contributed by atoms with Crippen LogP contribution < -0.4 is 5.73 Å². The molecule has 1 atom stereocenters. The molecular formula is C26H26N6O2. The Morgan fingerprint density at radius 1 is 1.24 bits per heavy atom. The van der Waals surface area contributed by atoms with Crippen molar-refractivity contribution < 1.29 is 9.53 Å². The van der Waals surface area contributed by atoms with Gasteiger partial charge in [-0.25, -0.2) is 4.98 Å². The van der Waals surface area contributed by atoms with Gasteiger partial charge in [0.1, 0.15) is 11.5 Å². The van der Waals surface area contributed by atoms with Gasteiger partial charge in [0.05, 0.1) is 48.2 Å². The van der Waals surface area contributed by atoms with E-state index in [1.807, 2.05) is 42.4 Å². The van der Waals surface area contributed by atoms with Crippen LogP contribution in [-0.4, -0.2) is 30.7 Å². The summed E-state index contributed by atoms with van der Waals surface area (Å²) in [6.07, 6.45) is 6.49. The number of hydrogen-bond acceptors (Lipinski definition) is 6. The van der Waals surface area contributed by atoms with E-state index in [1.165, 1.54) is 5.56 Å². The molecule has 0 fully saturated rings. The van der Waals surface area contributed by atoms with Crippen molar-refractivity contribution in [2.75, 3.05) is 5.73 Å². The Hall–Kier alpha value is -3.78. The number of carbonyl (C=O) groups is 1. The lowest BCUT2D eigenvalue weighted by Crippen LogP contribution is -2.37. The highest BCUT2D eigenvalue weighted by Gasteiger charge is 2.32. The number of nitrogens with one attached hydrogen (secondary N) is 1. The first-order valence-corrected chi connectivity index (χ1v) is 11.6. The smallest absolute Gasteiger partial charge is 0.271 e. The molecule has 1 aliphatic heterocycles. The van der Waals surface area contributed by atoms with E-state index in [0.717, 1.165) is 52.9 Å². The molecule has 0 unspecified atom stereocenters. The monoisotopic (exact) mass is 454 g/mol. The van der Waals surface area contributed by atoms with E-state index < -0.39 is 0 Å². The lowest BCUT2D eigenvalue weighted by atomic mass is 9.90. The standard InChI is InChI=1S/C26H26N6O2/c1-15-7-8-17(29-11-15)12-32(22-6-2-4-16-5-3-9-28-23(16)22)26(33)21-10-20-24(30-21)18-13-34-14-19(18)25(27)31-20/h3,5,7-11,22,30H,2,4,6,12-14H2,1H3,(H2,27,31)/t22-/m1/s1. The molecule has 0 saturated carbocycles. The van der Waals surface area contributed by atoms with Crippen molar-refractivity contribution in [3.63, 3.8) is 0 Å². The number of nitrogen functional groups attached to an aromatic ring is 1. The molecule has 0 spiro atoms. The van der Waals surface area contributed by atoms with E-state index in [4.69, 9.17) is 10.5 Å². The van der Waals surface area contributed by atoms with Gasteiger partial charge in [-0.05, 0) is 55.5 Å². The van der Waals surface area contributed by atoms with Crippen LogP contribution in [0.4, 0.5) is 5.82 Å². The van der Waals surface area contributed by atoms with Gasteiger partial charge in [0.25, 0.3) is 5.91 Å². The number of carbonyl (C=O) groups excluding carboxylic acids is 1. The molecule has 8 nitrogen and oxygen atoms in total. The summed E-state index contributed by atoms with van der Waals surface area (Å²) < 4.78 is 5.59. The molecule has 1 aliphatic carbocycles. The van der Waals surface area contributed by atoms with Gasteiger partial charge in [-0.3, -0.25) is 14.8 Å². The molecule has 0 aromatic carbocycles. The molecular weight excluding hydrogens is 428 g/mol. The minimum atomic E-state index is -0.126. The van der Waals surface area contributed by atoms with Gasteiger partial charge in [-0.1, -0.05) is 12.1 Å². The number of H-pyrrole nitrogens is 1. The lowest BCUT2D eigenvalue weighted by molar-refractivity contribution is 0.0624. The fraction of sp³-hybridized carbons (Fsp3) is 0.308. The number of hydrogen-bond donors (Lipinski definition) is 2. The van der Waals surface area contributed by atoms with Gasteiger partial charge in [-0.2, -0.15) is 0 Å². The van der Waals surface area contributed by atoms with Crippen LogP contribution in [0.3, 0.4) is 0 Å². The first-order chi connectivity index (χ1) is 16.6. The molecule has 5 heterocycles. The first-order valence-electron chi connectivity index (χ1n) is 11.6. The molecule has 0 saturated heterocycles. The Labute approximate surface area is 197 Å². The minimum absolute atomic E-state index is 0.102. The zero-order chi connectivity index (χ0) is 23.2. The minimum Gasteiger partial charge on any atom is -0.383 e. The molecule has 4 aromatic heterocycles. The summed E-state index contributed by atoms with van der Waals surface area (Å²) in [6.45, 7) is 3.31. The second-order valence-corrected chi connectivity index (χ2v) is 9.11.